The summed E-state index contributed by atoms with van der Waals surface area (Å²) in [6.45, 7) is 7.07. The number of hydrogen-bond donors (Lipinski definition) is 1. The molecule has 5 heteroatoms. The third kappa shape index (κ3) is 6.29. The largest absolute Gasteiger partial charge is 0.310 e. The highest BCUT2D eigenvalue weighted by Crippen LogP contribution is 2.22. The Hall–Kier alpha value is -0.520. The van der Waals surface area contributed by atoms with Gasteiger partial charge in [-0.05, 0) is 37.6 Å². The van der Waals surface area contributed by atoms with Crippen LogP contribution in [0.3, 0.4) is 0 Å². The Bertz CT molecular complexity index is 500. The molecule has 114 valence electrons. The third-order valence-electron chi connectivity index (χ3n) is 3.05. The number of hydrogen-bond acceptors (Lipinski definition) is 4. The molecule has 0 aliphatic heterocycles. The molecule has 0 aliphatic carbocycles. The zero-order chi connectivity index (χ0) is 15.0. The van der Waals surface area contributed by atoms with Gasteiger partial charge in [-0.15, -0.1) is 11.8 Å². The predicted molar refractivity (Wildman–Crippen MR) is 88.2 cm³/mol. The minimum atomic E-state index is -2.87. The van der Waals surface area contributed by atoms with E-state index in [1.807, 2.05) is 19.1 Å². The van der Waals surface area contributed by atoms with E-state index >= 15 is 0 Å². The minimum absolute atomic E-state index is 0.262. The fourth-order valence-corrected chi connectivity index (χ4v) is 4.80. The molecule has 0 fully saturated rings. The number of sulfone groups is 1. The second-order valence-electron chi connectivity index (χ2n) is 4.85. The van der Waals surface area contributed by atoms with Crippen LogP contribution in [0.15, 0.2) is 29.2 Å². The van der Waals surface area contributed by atoms with E-state index in [1.165, 1.54) is 5.56 Å². The van der Waals surface area contributed by atoms with E-state index in [4.69, 9.17) is 0 Å². The summed E-state index contributed by atoms with van der Waals surface area (Å²) in [5.41, 5.74) is 1.24. The lowest BCUT2D eigenvalue weighted by Gasteiger charge is -2.13. The predicted octanol–water partition coefficient (Wildman–Crippen LogP) is 3.27. The molecule has 0 bridgehead atoms. The van der Waals surface area contributed by atoms with Gasteiger partial charge in [-0.25, -0.2) is 8.42 Å². The van der Waals surface area contributed by atoms with Crippen molar-refractivity contribution in [3.8, 4) is 0 Å². The van der Waals surface area contributed by atoms with Crippen LogP contribution in [-0.4, -0.2) is 32.2 Å². The van der Waals surface area contributed by atoms with Crippen LogP contribution in [0.2, 0.25) is 0 Å². The van der Waals surface area contributed by atoms with E-state index in [1.54, 1.807) is 11.8 Å². The van der Waals surface area contributed by atoms with E-state index < -0.39 is 9.84 Å². The van der Waals surface area contributed by atoms with Crippen molar-refractivity contribution in [1.82, 2.24) is 5.32 Å². The van der Waals surface area contributed by atoms with Gasteiger partial charge in [0.1, 0.15) is 0 Å². The molecular weight excluding hydrogens is 290 g/mol. The molecule has 1 N–H and O–H groups in total. The zero-order valence-electron chi connectivity index (χ0n) is 12.6. The summed E-state index contributed by atoms with van der Waals surface area (Å²) in [7, 11) is -2.87. The molecule has 0 saturated carbocycles. The molecule has 0 aromatic heterocycles. The van der Waals surface area contributed by atoms with Crippen LogP contribution in [0.4, 0.5) is 0 Å². The van der Waals surface area contributed by atoms with Gasteiger partial charge in [-0.2, -0.15) is 0 Å². The third-order valence-corrected chi connectivity index (χ3v) is 6.16. The average Bonchev–Trinajstić information content (AvgIpc) is 2.39. The van der Waals surface area contributed by atoms with Gasteiger partial charge >= 0.3 is 0 Å². The molecule has 0 amide bonds. The van der Waals surface area contributed by atoms with Crippen LogP contribution in [0.5, 0.6) is 0 Å². The highest BCUT2D eigenvalue weighted by Gasteiger charge is 2.10. The first-order valence-corrected chi connectivity index (χ1v) is 9.95. The smallest absolute Gasteiger partial charge is 0.151 e. The maximum absolute atomic E-state index is 11.7. The molecule has 3 nitrogen and oxygen atoms in total. The Balaban J connectivity index is 2.55. The lowest BCUT2D eigenvalue weighted by atomic mass is 10.1. The first-order chi connectivity index (χ1) is 9.48. The molecule has 1 aromatic carbocycles. The van der Waals surface area contributed by atoms with Crippen LogP contribution >= 0.6 is 11.8 Å². The number of benzene rings is 1. The molecule has 0 spiro atoms. The SMILES string of the molecule is CCCS(=O)(=O)CCSc1cccc(C(C)NCC)c1. The average molecular weight is 316 g/mol. The van der Waals surface area contributed by atoms with Crippen molar-refractivity contribution in [2.75, 3.05) is 23.8 Å². The van der Waals surface area contributed by atoms with Crippen LogP contribution in [0.25, 0.3) is 0 Å². The van der Waals surface area contributed by atoms with Gasteiger partial charge in [0.05, 0.1) is 5.75 Å². The van der Waals surface area contributed by atoms with Crippen molar-refractivity contribution in [2.24, 2.45) is 0 Å². The molecule has 1 aromatic rings. The highest BCUT2D eigenvalue weighted by atomic mass is 32.2. The second-order valence-corrected chi connectivity index (χ2v) is 8.32. The van der Waals surface area contributed by atoms with E-state index in [9.17, 15) is 8.42 Å². The van der Waals surface area contributed by atoms with Gasteiger partial charge in [-0.1, -0.05) is 26.0 Å². The molecular formula is C15H25NO2S2. The first-order valence-electron chi connectivity index (χ1n) is 7.15. The normalized spacial score (nSPS) is 13.3. The minimum Gasteiger partial charge on any atom is -0.310 e. The molecule has 1 rings (SSSR count). The molecule has 0 saturated heterocycles. The van der Waals surface area contributed by atoms with E-state index in [0.717, 1.165) is 11.4 Å². The van der Waals surface area contributed by atoms with Gasteiger partial charge < -0.3 is 5.32 Å². The Morgan fingerprint density at radius 2 is 2.00 bits per heavy atom. The first kappa shape index (κ1) is 17.5. The van der Waals surface area contributed by atoms with Crippen molar-refractivity contribution in [1.29, 1.82) is 0 Å². The van der Waals surface area contributed by atoms with E-state index in [2.05, 4.69) is 31.3 Å². The molecule has 20 heavy (non-hydrogen) atoms. The fraction of sp³-hybridized carbons (Fsp3) is 0.600. The lowest BCUT2D eigenvalue weighted by molar-refractivity contribution is 0.596. The van der Waals surface area contributed by atoms with Crippen molar-refractivity contribution < 1.29 is 8.42 Å². The second kappa shape index (κ2) is 8.70. The molecule has 1 atom stereocenters. The van der Waals surface area contributed by atoms with E-state index in [-0.39, 0.29) is 5.75 Å². The fourth-order valence-electron chi connectivity index (χ4n) is 2.00. The lowest BCUT2D eigenvalue weighted by Crippen LogP contribution is -2.17. The standard InChI is InChI=1S/C15H25NO2S2/c1-4-10-20(17,18)11-9-19-15-8-6-7-14(12-15)13(3)16-5-2/h6-8,12-13,16H,4-5,9-11H2,1-3H3. The molecule has 0 aliphatic rings. The van der Waals surface area contributed by atoms with Crippen molar-refractivity contribution in [2.45, 2.75) is 38.1 Å². The summed E-state index contributed by atoms with van der Waals surface area (Å²) in [5.74, 6) is 1.19. The van der Waals surface area contributed by atoms with E-state index in [0.29, 0.717) is 24.0 Å². The molecule has 0 heterocycles. The van der Waals surface area contributed by atoms with Crippen LogP contribution in [0, 0.1) is 0 Å². The van der Waals surface area contributed by atoms with Crippen LogP contribution in [0.1, 0.15) is 38.8 Å². The summed E-state index contributed by atoms with van der Waals surface area (Å²) >= 11 is 1.62. The maximum Gasteiger partial charge on any atom is 0.151 e. The summed E-state index contributed by atoms with van der Waals surface area (Å²) in [6.07, 6.45) is 0.697. The number of rotatable bonds is 9. The summed E-state index contributed by atoms with van der Waals surface area (Å²) in [6, 6.07) is 8.64. The topological polar surface area (TPSA) is 46.2 Å². The Morgan fingerprint density at radius 3 is 2.65 bits per heavy atom. The van der Waals surface area contributed by atoms with Gasteiger partial charge in [0.2, 0.25) is 0 Å². The Labute approximate surface area is 127 Å². The molecule has 1 unspecified atom stereocenters. The van der Waals surface area contributed by atoms with Crippen molar-refractivity contribution >= 4 is 21.6 Å². The van der Waals surface area contributed by atoms with Crippen molar-refractivity contribution in [3.63, 3.8) is 0 Å². The van der Waals surface area contributed by atoms with Gasteiger partial charge in [0.15, 0.2) is 9.84 Å². The quantitative estimate of drug-likeness (QED) is 0.710. The highest BCUT2D eigenvalue weighted by molar-refractivity contribution is 8.00. The number of nitrogens with one attached hydrogen (secondary N) is 1. The van der Waals surface area contributed by atoms with Crippen LogP contribution in [-0.2, 0) is 9.84 Å². The Morgan fingerprint density at radius 1 is 1.25 bits per heavy atom. The van der Waals surface area contributed by atoms with Crippen LogP contribution < -0.4 is 5.32 Å². The van der Waals surface area contributed by atoms with Gasteiger partial charge in [0.25, 0.3) is 0 Å². The summed E-state index contributed by atoms with van der Waals surface area (Å²) < 4.78 is 23.3. The van der Waals surface area contributed by atoms with Crippen molar-refractivity contribution in [3.05, 3.63) is 29.8 Å². The zero-order valence-corrected chi connectivity index (χ0v) is 14.2. The summed E-state index contributed by atoms with van der Waals surface area (Å²) in [5, 5.41) is 3.38. The van der Waals surface area contributed by atoms with Gasteiger partial charge in [-0.3, -0.25) is 0 Å². The Kier molecular flexibility index (Phi) is 7.62. The number of thioether (sulfide) groups is 1. The summed E-state index contributed by atoms with van der Waals surface area (Å²) in [4.78, 5) is 1.14. The van der Waals surface area contributed by atoms with Gasteiger partial charge in [0, 0.05) is 22.4 Å². The molecule has 0 radical (unpaired) electrons. The monoisotopic (exact) mass is 315 g/mol. The maximum atomic E-state index is 11.7.